The van der Waals surface area contributed by atoms with Gasteiger partial charge in [0.2, 0.25) is 0 Å². The number of carbonyl (C=O) groups is 1. The van der Waals surface area contributed by atoms with E-state index in [1.54, 1.807) is 17.0 Å². The van der Waals surface area contributed by atoms with Gasteiger partial charge < -0.3 is 9.88 Å². The average molecular weight is 371 g/mol. The third kappa shape index (κ3) is 4.63. The van der Waals surface area contributed by atoms with Crippen LogP contribution in [0.5, 0.6) is 0 Å². The van der Waals surface area contributed by atoms with Crippen LogP contribution in [0.4, 0.5) is 4.39 Å². The molecule has 0 aliphatic carbocycles. The SMILES string of the molecule is CC(C)C1CN(C(=O)c2ccc[nH]c2=O)CCCN1Cc1ccc(F)cc1. The molecule has 1 aliphatic rings. The normalized spacial score (nSPS) is 18.5. The minimum atomic E-state index is -0.351. The summed E-state index contributed by atoms with van der Waals surface area (Å²) in [4.78, 5) is 31.6. The van der Waals surface area contributed by atoms with E-state index in [-0.39, 0.29) is 28.9 Å². The summed E-state index contributed by atoms with van der Waals surface area (Å²) in [5.74, 6) is -0.112. The van der Waals surface area contributed by atoms with Crippen LogP contribution >= 0.6 is 0 Å². The van der Waals surface area contributed by atoms with E-state index in [0.717, 1.165) is 25.1 Å². The molecule has 0 bridgehead atoms. The second-order valence-corrected chi connectivity index (χ2v) is 7.43. The van der Waals surface area contributed by atoms with E-state index in [4.69, 9.17) is 0 Å². The van der Waals surface area contributed by atoms with Gasteiger partial charge in [-0.2, -0.15) is 0 Å². The Balaban J connectivity index is 1.78. The summed E-state index contributed by atoms with van der Waals surface area (Å²) in [5, 5.41) is 0. The van der Waals surface area contributed by atoms with Crippen LogP contribution in [0.25, 0.3) is 0 Å². The third-order valence-electron chi connectivity index (χ3n) is 5.15. The van der Waals surface area contributed by atoms with Gasteiger partial charge in [0.15, 0.2) is 0 Å². The maximum absolute atomic E-state index is 13.2. The minimum Gasteiger partial charge on any atom is -0.337 e. The molecule has 1 aromatic carbocycles. The van der Waals surface area contributed by atoms with Crippen molar-refractivity contribution >= 4 is 5.91 Å². The summed E-state index contributed by atoms with van der Waals surface area (Å²) >= 11 is 0. The molecule has 1 saturated heterocycles. The van der Waals surface area contributed by atoms with Crippen LogP contribution in [0, 0.1) is 11.7 Å². The molecule has 1 fully saturated rings. The Morgan fingerprint density at radius 2 is 1.96 bits per heavy atom. The van der Waals surface area contributed by atoms with E-state index in [1.807, 2.05) is 12.1 Å². The number of aromatic amines is 1. The van der Waals surface area contributed by atoms with Crippen LogP contribution in [0.1, 0.15) is 36.2 Å². The number of amides is 1. The zero-order chi connectivity index (χ0) is 19.4. The Hall–Kier alpha value is -2.47. The Morgan fingerprint density at radius 1 is 1.22 bits per heavy atom. The lowest BCUT2D eigenvalue weighted by Crippen LogP contribution is -2.46. The van der Waals surface area contributed by atoms with Crippen LogP contribution in [0.3, 0.4) is 0 Å². The predicted octanol–water partition coefficient (Wildman–Crippen LogP) is 2.89. The van der Waals surface area contributed by atoms with Crippen LogP contribution in [-0.4, -0.2) is 46.4 Å². The van der Waals surface area contributed by atoms with Gasteiger partial charge in [-0.3, -0.25) is 14.5 Å². The molecule has 1 atom stereocenters. The van der Waals surface area contributed by atoms with Crippen molar-refractivity contribution in [2.45, 2.75) is 32.9 Å². The molecule has 2 heterocycles. The Labute approximate surface area is 158 Å². The summed E-state index contributed by atoms with van der Waals surface area (Å²) in [5.41, 5.74) is 0.893. The molecule has 0 spiro atoms. The highest BCUT2D eigenvalue weighted by atomic mass is 19.1. The fraction of sp³-hybridized carbons (Fsp3) is 0.429. The first-order valence-corrected chi connectivity index (χ1v) is 9.41. The standard InChI is InChI=1S/C21H26FN3O2/c1-15(2)19-14-25(21(27)18-5-3-10-23-20(18)26)12-4-11-24(19)13-16-6-8-17(22)9-7-16/h3,5-10,15,19H,4,11-14H2,1-2H3,(H,23,26). The highest BCUT2D eigenvalue weighted by Crippen LogP contribution is 2.21. The largest absolute Gasteiger partial charge is 0.337 e. The third-order valence-corrected chi connectivity index (χ3v) is 5.15. The predicted molar refractivity (Wildman–Crippen MR) is 103 cm³/mol. The fourth-order valence-electron chi connectivity index (χ4n) is 3.66. The summed E-state index contributed by atoms with van der Waals surface area (Å²) in [6, 6.07) is 10.0. The molecule has 1 aliphatic heterocycles. The number of benzene rings is 1. The molecular weight excluding hydrogens is 345 g/mol. The molecule has 1 aromatic heterocycles. The second-order valence-electron chi connectivity index (χ2n) is 7.43. The molecule has 1 N–H and O–H groups in total. The number of rotatable bonds is 4. The molecule has 1 amide bonds. The molecular formula is C21H26FN3O2. The van der Waals surface area contributed by atoms with Gasteiger partial charge in [-0.15, -0.1) is 0 Å². The lowest BCUT2D eigenvalue weighted by molar-refractivity contribution is 0.0700. The summed E-state index contributed by atoms with van der Waals surface area (Å²) in [7, 11) is 0. The number of halogens is 1. The van der Waals surface area contributed by atoms with Gasteiger partial charge in [-0.05, 0) is 42.2 Å². The van der Waals surface area contributed by atoms with Gasteiger partial charge in [0.25, 0.3) is 11.5 Å². The highest BCUT2D eigenvalue weighted by Gasteiger charge is 2.30. The average Bonchev–Trinajstić information content (AvgIpc) is 2.86. The van der Waals surface area contributed by atoms with E-state index < -0.39 is 0 Å². The molecule has 6 heteroatoms. The van der Waals surface area contributed by atoms with Crippen LogP contribution in [-0.2, 0) is 6.54 Å². The van der Waals surface area contributed by atoms with Gasteiger partial charge >= 0.3 is 0 Å². The molecule has 27 heavy (non-hydrogen) atoms. The van der Waals surface area contributed by atoms with E-state index >= 15 is 0 Å². The number of H-pyrrole nitrogens is 1. The maximum atomic E-state index is 13.2. The van der Waals surface area contributed by atoms with Crippen molar-refractivity contribution in [2.24, 2.45) is 5.92 Å². The van der Waals surface area contributed by atoms with Crippen molar-refractivity contribution in [3.05, 3.63) is 69.9 Å². The molecule has 3 rings (SSSR count). The Morgan fingerprint density at radius 3 is 2.63 bits per heavy atom. The summed E-state index contributed by atoms with van der Waals surface area (Å²) in [6.07, 6.45) is 2.36. The van der Waals surface area contributed by atoms with E-state index in [1.165, 1.54) is 18.3 Å². The Bertz CT molecular complexity index is 832. The summed E-state index contributed by atoms with van der Waals surface area (Å²) < 4.78 is 13.2. The van der Waals surface area contributed by atoms with Crippen molar-refractivity contribution in [3.8, 4) is 0 Å². The lowest BCUT2D eigenvalue weighted by Gasteiger charge is -2.34. The van der Waals surface area contributed by atoms with Crippen LogP contribution < -0.4 is 5.56 Å². The monoisotopic (exact) mass is 371 g/mol. The highest BCUT2D eigenvalue weighted by molar-refractivity contribution is 5.93. The number of nitrogens with zero attached hydrogens (tertiary/aromatic N) is 2. The zero-order valence-corrected chi connectivity index (χ0v) is 15.8. The molecule has 2 aromatic rings. The van der Waals surface area contributed by atoms with Crippen LogP contribution in [0.15, 0.2) is 47.4 Å². The number of nitrogens with one attached hydrogen (secondary N) is 1. The molecule has 1 unspecified atom stereocenters. The van der Waals surface area contributed by atoms with E-state index in [2.05, 4.69) is 23.7 Å². The fourth-order valence-corrected chi connectivity index (χ4v) is 3.66. The van der Waals surface area contributed by atoms with Crippen LogP contribution in [0.2, 0.25) is 0 Å². The zero-order valence-electron chi connectivity index (χ0n) is 15.8. The van der Waals surface area contributed by atoms with E-state index in [0.29, 0.717) is 19.0 Å². The first kappa shape index (κ1) is 19.3. The first-order valence-electron chi connectivity index (χ1n) is 9.41. The number of aromatic nitrogens is 1. The molecule has 0 saturated carbocycles. The van der Waals surface area contributed by atoms with Gasteiger partial charge in [0.1, 0.15) is 11.4 Å². The van der Waals surface area contributed by atoms with Crippen molar-refractivity contribution in [1.29, 1.82) is 0 Å². The molecule has 0 radical (unpaired) electrons. The van der Waals surface area contributed by atoms with Gasteiger partial charge in [0, 0.05) is 38.4 Å². The Kier molecular flexibility index (Phi) is 6.06. The minimum absolute atomic E-state index is 0.171. The van der Waals surface area contributed by atoms with Gasteiger partial charge in [0.05, 0.1) is 0 Å². The lowest BCUT2D eigenvalue weighted by atomic mass is 10.0. The van der Waals surface area contributed by atoms with Gasteiger partial charge in [-0.1, -0.05) is 26.0 Å². The topological polar surface area (TPSA) is 56.4 Å². The van der Waals surface area contributed by atoms with Crippen molar-refractivity contribution in [2.75, 3.05) is 19.6 Å². The number of hydrogen-bond acceptors (Lipinski definition) is 3. The van der Waals surface area contributed by atoms with Gasteiger partial charge in [-0.25, -0.2) is 4.39 Å². The molecule has 144 valence electrons. The number of carbonyl (C=O) groups excluding carboxylic acids is 1. The van der Waals surface area contributed by atoms with Crippen molar-refractivity contribution in [1.82, 2.24) is 14.8 Å². The number of hydrogen-bond donors (Lipinski definition) is 1. The van der Waals surface area contributed by atoms with Crippen molar-refractivity contribution < 1.29 is 9.18 Å². The number of pyridine rings is 1. The summed E-state index contributed by atoms with van der Waals surface area (Å²) in [6.45, 7) is 7.06. The maximum Gasteiger partial charge on any atom is 0.260 e. The first-order chi connectivity index (χ1) is 13.0. The van der Waals surface area contributed by atoms with E-state index in [9.17, 15) is 14.0 Å². The smallest absolute Gasteiger partial charge is 0.260 e. The quantitative estimate of drug-likeness (QED) is 0.899. The second kappa shape index (κ2) is 8.48. The van der Waals surface area contributed by atoms with Crippen molar-refractivity contribution in [3.63, 3.8) is 0 Å². The molecule has 5 nitrogen and oxygen atoms in total.